The van der Waals surface area contributed by atoms with Crippen molar-refractivity contribution in [3.05, 3.63) is 77.1 Å². The van der Waals surface area contributed by atoms with Crippen molar-refractivity contribution < 1.29 is 5.11 Å². The zero-order valence-electron chi connectivity index (χ0n) is 12.0. The van der Waals surface area contributed by atoms with Crippen LogP contribution in [-0.2, 0) is 0 Å². The molecule has 1 aromatic carbocycles. The van der Waals surface area contributed by atoms with Crippen LogP contribution in [0.15, 0.2) is 66.0 Å². The van der Waals surface area contributed by atoms with E-state index in [0.717, 1.165) is 5.56 Å². The van der Waals surface area contributed by atoms with Gasteiger partial charge >= 0.3 is 0 Å². The number of nitrogens with two attached hydrogens (primary N) is 2. The Bertz CT molecular complexity index is 709. The van der Waals surface area contributed by atoms with Gasteiger partial charge in [-0.1, -0.05) is 54.6 Å². The SMILES string of the molecule is N=C(N)c1ccc(/C=C/C2=C(O)C=CC(C(=N)N)C=C2)cc1. The molecule has 0 radical (unpaired) electrons. The van der Waals surface area contributed by atoms with Gasteiger partial charge in [-0.2, -0.15) is 0 Å². The molecule has 0 saturated heterocycles. The number of hydrogen-bond acceptors (Lipinski definition) is 3. The Morgan fingerprint density at radius 3 is 2.23 bits per heavy atom. The largest absolute Gasteiger partial charge is 0.507 e. The van der Waals surface area contributed by atoms with Crippen molar-refractivity contribution in [2.75, 3.05) is 0 Å². The lowest BCUT2D eigenvalue weighted by Gasteiger charge is -2.01. The van der Waals surface area contributed by atoms with E-state index in [0.29, 0.717) is 11.1 Å². The van der Waals surface area contributed by atoms with Crippen LogP contribution < -0.4 is 11.5 Å². The van der Waals surface area contributed by atoms with E-state index in [1.807, 2.05) is 18.2 Å². The Hall–Kier alpha value is -3.08. The molecule has 1 aromatic rings. The van der Waals surface area contributed by atoms with E-state index in [1.54, 1.807) is 42.5 Å². The third kappa shape index (κ3) is 3.73. The molecule has 0 aliphatic heterocycles. The molecule has 0 amide bonds. The van der Waals surface area contributed by atoms with Crippen LogP contribution in [0.1, 0.15) is 11.1 Å². The molecule has 1 aliphatic carbocycles. The van der Waals surface area contributed by atoms with E-state index in [2.05, 4.69) is 0 Å². The number of aliphatic hydroxyl groups is 1. The van der Waals surface area contributed by atoms with Gasteiger partial charge in [-0.3, -0.25) is 10.8 Å². The number of nitrogen functional groups attached to an aromatic ring is 1. The molecule has 0 aromatic heterocycles. The summed E-state index contributed by atoms with van der Waals surface area (Å²) >= 11 is 0. The van der Waals surface area contributed by atoms with E-state index < -0.39 is 0 Å². The van der Waals surface area contributed by atoms with Crippen LogP contribution >= 0.6 is 0 Å². The van der Waals surface area contributed by atoms with Gasteiger partial charge in [0.25, 0.3) is 0 Å². The average molecular weight is 294 g/mol. The Labute approximate surface area is 129 Å². The third-order valence-electron chi connectivity index (χ3n) is 3.28. The molecule has 2 rings (SSSR count). The molecule has 0 bridgehead atoms. The summed E-state index contributed by atoms with van der Waals surface area (Å²) in [5.41, 5.74) is 13.1. The second-order valence-corrected chi connectivity index (χ2v) is 4.91. The summed E-state index contributed by atoms with van der Waals surface area (Å²) in [5.74, 6) is -0.118. The number of aliphatic hydroxyl groups excluding tert-OH is 1. The number of allylic oxidation sites excluding steroid dienone is 4. The molecule has 7 N–H and O–H groups in total. The summed E-state index contributed by atoms with van der Waals surface area (Å²) in [4.78, 5) is 0. The normalized spacial score (nSPS) is 17.7. The Morgan fingerprint density at radius 2 is 1.64 bits per heavy atom. The zero-order chi connectivity index (χ0) is 16.1. The van der Waals surface area contributed by atoms with Gasteiger partial charge in [-0.25, -0.2) is 0 Å². The quantitative estimate of drug-likeness (QED) is 0.433. The second-order valence-electron chi connectivity index (χ2n) is 4.91. The Morgan fingerprint density at radius 1 is 1.00 bits per heavy atom. The fourth-order valence-corrected chi connectivity index (χ4v) is 1.96. The molecule has 0 spiro atoms. The fourth-order valence-electron chi connectivity index (χ4n) is 1.96. The van der Waals surface area contributed by atoms with Crippen molar-refractivity contribution in [1.82, 2.24) is 0 Å². The molecule has 1 atom stereocenters. The first-order valence-electron chi connectivity index (χ1n) is 6.73. The number of benzene rings is 1. The van der Waals surface area contributed by atoms with Gasteiger partial charge in [0.05, 0.1) is 5.92 Å². The van der Waals surface area contributed by atoms with Crippen molar-refractivity contribution in [1.29, 1.82) is 10.8 Å². The van der Waals surface area contributed by atoms with E-state index in [9.17, 15) is 5.11 Å². The highest BCUT2D eigenvalue weighted by Gasteiger charge is 2.08. The molecule has 0 saturated carbocycles. The first-order chi connectivity index (χ1) is 10.5. The van der Waals surface area contributed by atoms with Crippen LogP contribution in [0.3, 0.4) is 0 Å². The van der Waals surface area contributed by atoms with Gasteiger partial charge in [0, 0.05) is 11.1 Å². The summed E-state index contributed by atoms with van der Waals surface area (Å²) < 4.78 is 0. The maximum atomic E-state index is 9.98. The highest BCUT2D eigenvalue weighted by molar-refractivity contribution is 5.95. The third-order valence-corrected chi connectivity index (χ3v) is 3.28. The van der Waals surface area contributed by atoms with E-state index >= 15 is 0 Å². The minimum atomic E-state index is -0.303. The van der Waals surface area contributed by atoms with Crippen LogP contribution in [0, 0.1) is 16.7 Å². The van der Waals surface area contributed by atoms with Crippen molar-refractivity contribution in [2.24, 2.45) is 17.4 Å². The Kier molecular flexibility index (Phi) is 4.58. The summed E-state index contributed by atoms with van der Waals surface area (Å²) in [6.07, 6.45) is 10.4. The minimum Gasteiger partial charge on any atom is -0.507 e. The number of hydrogen-bond donors (Lipinski definition) is 5. The van der Waals surface area contributed by atoms with Crippen molar-refractivity contribution in [3.63, 3.8) is 0 Å². The number of nitrogens with one attached hydrogen (secondary N) is 2. The Balaban J connectivity index is 2.18. The van der Waals surface area contributed by atoms with Crippen molar-refractivity contribution >= 4 is 17.7 Å². The molecule has 112 valence electrons. The summed E-state index contributed by atoms with van der Waals surface area (Å²) in [5, 5.41) is 24.8. The molecule has 5 nitrogen and oxygen atoms in total. The van der Waals surface area contributed by atoms with Gasteiger partial charge < -0.3 is 16.6 Å². The molecule has 5 heteroatoms. The molecular formula is C17H18N4O. The molecule has 1 unspecified atom stereocenters. The first-order valence-corrected chi connectivity index (χ1v) is 6.73. The second kappa shape index (κ2) is 6.58. The van der Waals surface area contributed by atoms with Crippen LogP contribution in [-0.4, -0.2) is 16.8 Å². The van der Waals surface area contributed by atoms with E-state index in [1.165, 1.54) is 0 Å². The topological polar surface area (TPSA) is 120 Å². The highest BCUT2D eigenvalue weighted by atomic mass is 16.3. The highest BCUT2D eigenvalue weighted by Crippen LogP contribution is 2.17. The van der Waals surface area contributed by atoms with Gasteiger partial charge in [0.2, 0.25) is 0 Å². The molecule has 1 aliphatic rings. The van der Waals surface area contributed by atoms with Gasteiger partial charge in [0.15, 0.2) is 0 Å². The molecule has 22 heavy (non-hydrogen) atoms. The minimum absolute atomic E-state index is 0.0306. The standard InChI is InChI=1S/C17H18N4O/c18-16(19)13-5-2-11(3-6-13)1-4-12-7-8-14(17(20)21)9-10-15(12)22/h1-10,14,22H,(H3,18,19)(H3,20,21)/b4-1+. The van der Waals surface area contributed by atoms with Crippen LogP contribution in [0.25, 0.3) is 6.08 Å². The predicted octanol–water partition coefficient (Wildman–Crippen LogP) is 2.47. The summed E-state index contributed by atoms with van der Waals surface area (Å²) in [6.45, 7) is 0. The van der Waals surface area contributed by atoms with Gasteiger partial charge in [-0.15, -0.1) is 0 Å². The molecular weight excluding hydrogens is 276 g/mol. The fraction of sp³-hybridized carbons (Fsp3) is 0.0588. The monoisotopic (exact) mass is 294 g/mol. The van der Waals surface area contributed by atoms with Crippen molar-refractivity contribution in [2.45, 2.75) is 0 Å². The predicted molar refractivity (Wildman–Crippen MR) is 89.8 cm³/mol. The van der Waals surface area contributed by atoms with E-state index in [4.69, 9.17) is 22.3 Å². The maximum Gasteiger partial charge on any atom is 0.122 e. The molecule has 0 heterocycles. The van der Waals surface area contributed by atoms with Gasteiger partial charge in [-0.05, 0) is 11.6 Å². The van der Waals surface area contributed by atoms with Crippen LogP contribution in [0.2, 0.25) is 0 Å². The lowest BCUT2D eigenvalue weighted by atomic mass is 10.1. The summed E-state index contributed by atoms with van der Waals surface area (Å²) in [6, 6.07) is 7.23. The first kappa shape index (κ1) is 15.3. The lowest BCUT2D eigenvalue weighted by molar-refractivity contribution is 0.429. The average Bonchev–Trinajstić information content (AvgIpc) is 2.67. The number of rotatable bonds is 4. The summed E-state index contributed by atoms with van der Waals surface area (Å²) in [7, 11) is 0. The van der Waals surface area contributed by atoms with E-state index in [-0.39, 0.29) is 23.3 Å². The van der Waals surface area contributed by atoms with Crippen LogP contribution in [0.4, 0.5) is 0 Å². The van der Waals surface area contributed by atoms with Crippen molar-refractivity contribution in [3.8, 4) is 0 Å². The van der Waals surface area contributed by atoms with Gasteiger partial charge in [0.1, 0.15) is 17.4 Å². The van der Waals surface area contributed by atoms with Crippen LogP contribution in [0.5, 0.6) is 0 Å². The zero-order valence-corrected chi connectivity index (χ0v) is 12.0. The number of amidine groups is 2. The molecule has 0 fully saturated rings. The maximum absolute atomic E-state index is 9.98. The smallest absolute Gasteiger partial charge is 0.122 e. The lowest BCUT2D eigenvalue weighted by Crippen LogP contribution is -2.18.